The quantitative estimate of drug-likeness (QED) is 0.754. The van der Waals surface area contributed by atoms with E-state index in [1.165, 1.54) is 16.7 Å². The van der Waals surface area contributed by atoms with Crippen molar-refractivity contribution in [2.75, 3.05) is 0 Å². The summed E-state index contributed by atoms with van der Waals surface area (Å²) < 4.78 is 0. The third-order valence-electron chi connectivity index (χ3n) is 3.16. The van der Waals surface area contributed by atoms with E-state index in [-0.39, 0.29) is 5.41 Å². The maximum Gasteiger partial charge on any atom is 0.115 e. The summed E-state index contributed by atoms with van der Waals surface area (Å²) >= 11 is 0. The van der Waals surface area contributed by atoms with Crippen LogP contribution >= 0.6 is 0 Å². The minimum absolute atomic E-state index is 0.174. The van der Waals surface area contributed by atoms with Crippen LogP contribution in [-0.4, -0.2) is 11.9 Å². The van der Waals surface area contributed by atoms with E-state index in [1.807, 2.05) is 18.9 Å². The van der Waals surface area contributed by atoms with Gasteiger partial charge < -0.3 is 9.90 Å². The van der Waals surface area contributed by atoms with Crippen molar-refractivity contribution >= 4 is 6.79 Å². The number of phenolic OH excluding ortho intramolecular Hbond substituents is 1. The second-order valence-corrected chi connectivity index (χ2v) is 5.88. The highest BCUT2D eigenvalue weighted by atomic mass is 16.3. The van der Waals surface area contributed by atoms with Crippen molar-refractivity contribution in [3.63, 3.8) is 0 Å². The van der Waals surface area contributed by atoms with Crippen molar-refractivity contribution in [2.24, 2.45) is 0 Å². The predicted molar refractivity (Wildman–Crippen MR) is 89.8 cm³/mol. The first kappa shape index (κ1) is 18.9. The highest BCUT2D eigenvalue weighted by Crippen LogP contribution is 2.23. The first-order chi connectivity index (χ1) is 9.80. The fraction of sp³-hybridized carbons (Fsp3) is 0.316. The number of aryl methyl sites for hydroxylation is 2. The maximum atomic E-state index is 9.02. The van der Waals surface area contributed by atoms with Crippen LogP contribution in [0.15, 0.2) is 48.5 Å². The molecule has 2 nitrogen and oxygen atoms in total. The molecule has 0 saturated carbocycles. The lowest BCUT2D eigenvalue weighted by Crippen LogP contribution is -2.10. The normalized spacial score (nSPS) is 9.76. The molecule has 2 heteroatoms. The Morgan fingerprint density at radius 1 is 0.810 bits per heavy atom. The maximum absolute atomic E-state index is 9.02. The van der Waals surface area contributed by atoms with Gasteiger partial charge in [-0.3, -0.25) is 0 Å². The molecular weight excluding hydrogens is 260 g/mol. The van der Waals surface area contributed by atoms with Crippen molar-refractivity contribution in [2.45, 2.75) is 40.0 Å². The number of rotatable bonds is 0. The van der Waals surface area contributed by atoms with Crippen molar-refractivity contribution in [1.29, 1.82) is 0 Å². The molecule has 0 fully saturated rings. The molecule has 0 atom stereocenters. The van der Waals surface area contributed by atoms with Gasteiger partial charge in [-0.05, 0) is 48.1 Å². The van der Waals surface area contributed by atoms with E-state index in [9.17, 15) is 0 Å². The zero-order valence-corrected chi connectivity index (χ0v) is 13.7. The molecule has 0 radical (unpaired) electrons. The van der Waals surface area contributed by atoms with Crippen molar-refractivity contribution in [3.05, 3.63) is 65.2 Å². The second kappa shape index (κ2) is 8.96. The summed E-state index contributed by atoms with van der Waals surface area (Å²) in [5, 5.41) is 9.02. The molecule has 0 saturated heterocycles. The van der Waals surface area contributed by atoms with Crippen LogP contribution in [0.25, 0.3) is 0 Å². The molecular formula is C19H26O2. The van der Waals surface area contributed by atoms with Crippen LogP contribution in [0.2, 0.25) is 0 Å². The zero-order chi connectivity index (χ0) is 16.5. The molecule has 0 unspecified atom stereocenters. The number of aromatic hydroxyl groups is 1. The zero-order valence-electron chi connectivity index (χ0n) is 13.7. The smallest absolute Gasteiger partial charge is 0.115 e. The standard InChI is InChI=1S/C10H14O.C8H10.CH2O/c1-10(2,3)8-4-6-9(11)7-5-8;1-7-5-3-4-6-8(7)2;1-2/h4-7,11H,1-3H3;3-6H,1-2H3;1H2. The number of carbonyl (C=O) groups is 1. The van der Waals surface area contributed by atoms with Crippen molar-refractivity contribution in [1.82, 2.24) is 0 Å². The molecule has 114 valence electrons. The molecule has 0 heterocycles. The van der Waals surface area contributed by atoms with E-state index in [2.05, 4.69) is 58.9 Å². The van der Waals surface area contributed by atoms with Crippen LogP contribution in [-0.2, 0) is 10.2 Å². The molecule has 0 aliphatic heterocycles. The molecule has 1 N–H and O–H groups in total. The lowest BCUT2D eigenvalue weighted by Gasteiger charge is -2.18. The van der Waals surface area contributed by atoms with Gasteiger partial charge in [0.25, 0.3) is 0 Å². The summed E-state index contributed by atoms with van der Waals surface area (Å²) in [6.07, 6.45) is 0. The number of hydrogen-bond acceptors (Lipinski definition) is 2. The fourth-order valence-corrected chi connectivity index (χ4v) is 1.62. The van der Waals surface area contributed by atoms with Crippen LogP contribution in [0, 0.1) is 13.8 Å². The Balaban J connectivity index is 0.000000354. The Kier molecular flexibility index (Phi) is 8.07. The van der Waals surface area contributed by atoms with Gasteiger partial charge in [-0.1, -0.05) is 57.2 Å². The van der Waals surface area contributed by atoms with Gasteiger partial charge in [-0.25, -0.2) is 0 Å². The first-order valence-corrected chi connectivity index (χ1v) is 6.91. The molecule has 0 aromatic heterocycles. The summed E-state index contributed by atoms with van der Waals surface area (Å²) in [5.41, 5.74) is 4.16. The van der Waals surface area contributed by atoms with Gasteiger partial charge in [0.05, 0.1) is 0 Å². The van der Waals surface area contributed by atoms with E-state index in [0.29, 0.717) is 5.75 Å². The van der Waals surface area contributed by atoms with Crippen molar-refractivity contribution in [3.8, 4) is 5.75 Å². The molecule has 21 heavy (non-hydrogen) atoms. The Labute approximate surface area is 128 Å². The summed E-state index contributed by atoms with van der Waals surface area (Å²) in [5.74, 6) is 0.331. The molecule has 2 aromatic carbocycles. The van der Waals surface area contributed by atoms with Gasteiger partial charge >= 0.3 is 0 Å². The third-order valence-corrected chi connectivity index (χ3v) is 3.16. The van der Waals surface area contributed by atoms with Crippen LogP contribution in [0.4, 0.5) is 0 Å². The molecule has 2 aromatic rings. The number of phenols is 1. The SMILES string of the molecule is C=O.CC(C)(C)c1ccc(O)cc1.Cc1ccccc1C. The average Bonchev–Trinajstić information content (AvgIpc) is 2.44. The number of carbonyl (C=O) groups excluding carboxylic acids is 1. The van der Waals surface area contributed by atoms with Gasteiger partial charge in [0.15, 0.2) is 0 Å². The Morgan fingerprint density at radius 3 is 1.48 bits per heavy atom. The first-order valence-electron chi connectivity index (χ1n) is 6.91. The summed E-state index contributed by atoms with van der Waals surface area (Å²) in [7, 11) is 0. The molecule has 2 rings (SSSR count). The van der Waals surface area contributed by atoms with E-state index in [1.54, 1.807) is 12.1 Å². The molecule has 0 bridgehead atoms. The average molecular weight is 286 g/mol. The lowest BCUT2D eigenvalue weighted by molar-refractivity contribution is -0.0979. The van der Waals surface area contributed by atoms with E-state index < -0.39 is 0 Å². The molecule has 0 aliphatic carbocycles. The highest BCUT2D eigenvalue weighted by molar-refractivity contribution is 5.29. The van der Waals surface area contributed by atoms with E-state index >= 15 is 0 Å². The third kappa shape index (κ3) is 7.31. The van der Waals surface area contributed by atoms with Gasteiger partial charge in [0, 0.05) is 0 Å². The molecule has 0 amide bonds. The van der Waals surface area contributed by atoms with Gasteiger partial charge in [-0.2, -0.15) is 0 Å². The largest absolute Gasteiger partial charge is 0.508 e. The van der Waals surface area contributed by atoms with Crippen LogP contribution in [0.5, 0.6) is 5.75 Å². The van der Waals surface area contributed by atoms with E-state index in [4.69, 9.17) is 9.90 Å². The lowest BCUT2D eigenvalue weighted by atomic mass is 9.87. The minimum Gasteiger partial charge on any atom is -0.508 e. The van der Waals surface area contributed by atoms with Crippen molar-refractivity contribution < 1.29 is 9.90 Å². The Morgan fingerprint density at radius 2 is 1.19 bits per heavy atom. The van der Waals surface area contributed by atoms with Gasteiger partial charge in [0.2, 0.25) is 0 Å². The molecule has 0 spiro atoms. The van der Waals surface area contributed by atoms with Crippen LogP contribution < -0.4 is 0 Å². The summed E-state index contributed by atoms with van der Waals surface area (Å²) in [6, 6.07) is 15.7. The highest BCUT2D eigenvalue weighted by Gasteiger charge is 2.12. The number of benzene rings is 2. The van der Waals surface area contributed by atoms with Gasteiger partial charge in [-0.15, -0.1) is 0 Å². The number of hydrogen-bond donors (Lipinski definition) is 1. The summed E-state index contributed by atoms with van der Waals surface area (Å²) in [4.78, 5) is 8.00. The summed E-state index contributed by atoms with van der Waals surface area (Å²) in [6.45, 7) is 12.7. The van der Waals surface area contributed by atoms with Crippen LogP contribution in [0.1, 0.15) is 37.5 Å². The monoisotopic (exact) mass is 286 g/mol. The fourth-order valence-electron chi connectivity index (χ4n) is 1.62. The molecule has 0 aliphatic rings. The van der Waals surface area contributed by atoms with Crippen LogP contribution in [0.3, 0.4) is 0 Å². The Bertz CT molecular complexity index is 501. The Hall–Kier alpha value is -2.09. The minimum atomic E-state index is 0.174. The topological polar surface area (TPSA) is 37.3 Å². The van der Waals surface area contributed by atoms with E-state index in [0.717, 1.165) is 0 Å². The predicted octanol–water partition coefficient (Wildman–Crippen LogP) is 4.81. The van der Waals surface area contributed by atoms with Gasteiger partial charge in [0.1, 0.15) is 12.5 Å². The second-order valence-electron chi connectivity index (χ2n) is 5.88.